The molecular weight excluding hydrogens is 396 g/mol. The lowest BCUT2D eigenvalue weighted by atomic mass is 10.2. The van der Waals surface area contributed by atoms with Gasteiger partial charge in [-0.05, 0) is 42.8 Å². The Morgan fingerprint density at radius 1 is 1.17 bits per heavy atom. The predicted molar refractivity (Wildman–Crippen MR) is 111 cm³/mol. The summed E-state index contributed by atoms with van der Waals surface area (Å²) in [5, 5.41) is 2.35. The van der Waals surface area contributed by atoms with Crippen LogP contribution in [0.15, 0.2) is 53.5 Å². The van der Waals surface area contributed by atoms with E-state index in [0.717, 1.165) is 12.8 Å². The first-order valence-electron chi connectivity index (χ1n) is 9.34. The zero-order valence-electron chi connectivity index (χ0n) is 15.9. The predicted octanol–water partition coefficient (Wildman–Crippen LogP) is 4.73. The van der Waals surface area contributed by atoms with Crippen molar-refractivity contribution in [2.45, 2.75) is 31.4 Å². The minimum atomic E-state index is -0.641. The van der Waals surface area contributed by atoms with Crippen molar-refractivity contribution in [2.24, 2.45) is 4.99 Å². The van der Waals surface area contributed by atoms with Crippen LogP contribution in [-0.4, -0.2) is 33.7 Å². The normalized spacial score (nSPS) is 17.8. The molecule has 3 rings (SSSR count). The summed E-state index contributed by atoms with van der Waals surface area (Å²) in [5.74, 6) is -1.54. The lowest BCUT2D eigenvalue weighted by Gasteiger charge is -2.16. The van der Waals surface area contributed by atoms with Gasteiger partial charge < -0.3 is 5.32 Å². The lowest BCUT2D eigenvalue weighted by Crippen LogP contribution is -2.34. The minimum absolute atomic E-state index is 0.0796. The third-order valence-electron chi connectivity index (χ3n) is 4.33. The number of nitrogens with zero attached hydrogens (tertiary/aromatic N) is 2. The van der Waals surface area contributed by atoms with Crippen molar-refractivity contribution < 1.29 is 18.4 Å². The van der Waals surface area contributed by atoms with Gasteiger partial charge in [0, 0.05) is 13.0 Å². The summed E-state index contributed by atoms with van der Waals surface area (Å²) in [7, 11) is 0. The molecule has 1 aliphatic heterocycles. The lowest BCUT2D eigenvalue weighted by molar-refractivity contribution is -0.128. The van der Waals surface area contributed by atoms with E-state index in [1.807, 2.05) is 6.92 Å². The number of amidine groups is 1. The van der Waals surface area contributed by atoms with Crippen molar-refractivity contribution >= 4 is 40.1 Å². The molecule has 2 aromatic carbocycles. The summed E-state index contributed by atoms with van der Waals surface area (Å²) in [6.45, 7) is 2.51. The number of halogens is 2. The zero-order chi connectivity index (χ0) is 20.8. The number of aliphatic imine (C=N–C) groups is 1. The fourth-order valence-corrected chi connectivity index (χ4v) is 3.99. The summed E-state index contributed by atoms with van der Waals surface area (Å²) in [6.07, 6.45) is 1.60. The largest absolute Gasteiger partial charge is 0.324 e. The maximum atomic E-state index is 13.7. The molecule has 1 fully saturated rings. The van der Waals surface area contributed by atoms with E-state index in [2.05, 4.69) is 10.3 Å². The van der Waals surface area contributed by atoms with E-state index in [4.69, 9.17) is 0 Å². The number of rotatable bonds is 7. The summed E-state index contributed by atoms with van der Waals surface area (Å²) < 4.78 is 26.9. The number of nitrogens with one attached hydrogen (secondary N) is 1. The number of para-hydroxylation sites is 1. The molecule has 0 aliphatic carbocycles. The summed E-state index contributed by atoms with van der Waals surface area (Å²) in [4.78, 5) is 31.2. The molecule has 152 valence electrons. The maximum absolute atomic E-state index is 13.7. The van der Waals surface area contributed by atoms with Crippen molar-refractivity contribution in [1.29, 1.82) is 0 Å². The fraction of sp³-hybridized carbons (Fsp3) is 0.286. The second-order valence-corrected chi connectivity index (χ2v) is 7.72. The number of amides is 2. The van der Waals surface area contributed by atoms with Crippen LogP contribution in [0.3, 0.4) is 0 Å². The van der Waals surface area contributed by atoms with E-state index in [-0.39, 0.29) is 23.8 Å². The summed E-state index contributed by atoms with van der Waals surface area (Å²) in [6, 6.07) is 11.5. The monoisotopic (exact) mass is 417 g/mol. The first kappa shape index (κ1) is 21.0. The highest BCUT2D eigenvalue weighted by Gasteiger charge is 2.38. The third kappa shape index (κ3) is 5.41. The highest BCUT2D eigenvalue weighted by Crippen LogP contribution is 2.32. The van der Waals surface area contributed by atoms with Gasteiger partial charge in [0.25, 0.3) is 0 Å². The van der Waals surface area contributed by atoms with Crippen molar-refractivity contribution in [1.82, 2.24) is 4.90 Å². The van der Waals surface area contributed by atoms with Gasteiger partial charge in [-0.15, -0.1) is 0 Å². The van der Waals surface area contributed by atoms with Crippen LogP contribution in [0.5, 0.6) is 0 Å². The fourth-order valence-electron chi connectivity index (χ4n) is 2.81. The SMILES string of the molecule is CCCCN1C(=O)[C@H](CC(=O)Nc2ccccc2F)SC1=Nc1ccc(F)cc1. The van der Waals surface area contributed by atoms with Gasteiger partial charge in [-0.3, -0.25) is 14.5 Å². The molecule has 2 amide bonds. The van der Waals surface area contributed by atoms with Crippen LogP contribution in [0.4, 0.5) is 20.2 Å². The van der Waals surface area contributed by atoms with Gasteiger partial charge in [0.05, 0.1) is 11.4 Å². The molecular formula is C21H21F2N3O2S. The van der Waals surface area contributed by atoms with E-state index in [1.165, 1.54) is 54.2 Å². The Balaban J connectivity index is 1.74. The molecule has 0 spiro atoms. The number of hydrogen-bond donors (Lipinski definition) is 1. The number of anilines is 1. The maximum Gasteiger partial charge on any atom is 0.242 e. The van der Waals surface area contributed by atoms with E-state index in [1.54, 1.807) is 11.0 Å². The smallest absolute Gasteiger partial charge is 0.242 e. The van der Waals surface area contributed by atoms with Crippen molar-refractivity contribution in [3.63, 3.8) is 0 Å². The van der Waals surface area contributed by atoms with Gasteiger partial charge >= 0.3 is 0 Å². The molecule has 0 unspecified atom stereocenters. The summed E-state index contributed by atoms with van der Waals surface area (Å²) in [5.41, 5.74) is 0.607. The van der Waals surface area contributed by atoms with Crippen LogP contribution in [0, 0.1) is 11.6 Å². The number of thioether (sulfide) groups is 1. The number of hydrogen-bond acceptors (Lipinski definition) is 4. The van der Waals surface area contributed by atoms with E-state index >= 15 is 0 Å². The molecule has 1 saturated heterocycles. The molecule has 2 aromatic rings. The molecule has 0 aromatic heterocycles. The van der Waals surface area contributed by atoms with Gasteiger partial charge in [0.1, 0.15) is 16.9 Å². The van der Waals surface area contributed by atoms with Gasteiger partial charge in [-0.2, -0.15) is 0 Å². The molecule has 0 radical (unpaired) electrons. The van der Waals surface area contributed by atoms with Gasteiger partial charge in [0.15, 0.2) is 5.17 Å². The third-order valence-corrected chi connectivity index (χ3v) is 5.50. The highest BCUT2D eigenvalue weighted by molar-refractivity contribution is 8.15. The number of carbonyl (C=O) groups is 2. The molecule has 1 N–H and O–H groups in total. The average molecular weight is 417 g/mol. The molecule has 29 heavy (non-hydrogen) atoms. The summed E-state index contributed by atoms with van der Waals surface area (Å²) >= 11 is 1.20. The van der Waals surface area contributed by atoms with Gasteiger partial charge in [-0.1, -0.05) is 37.2 Å². The van der Waals surface area contributed by atoms with Crippen molar-refractivity contribution in [3.05, 3.63) is 60.2 Å². The first-order chi connectivity index (χ1) is 14.0. The van der Waals surface area contributed by atoms with Crippen molar-refractivity contribution in [2.75, 3.05) is 11.9 Å². The molecule has 1 atom stereocenters. The molecule has 0 bridgehead atoms. The molecule has 1 aliphatic rings. The first-order valence-corrected chi connectivity index (χ1v) is 10.2. The Morgan fingerprint density at radius 2 is 1.90 bits per heavy atom. The Labute approximate surface area is 172 Å². The van der Waals surface area contributed by atoms with Crippen LogP contribution in [0.2, 0.25) is 0 Å². The zero-order valence-corrected chi connectivity index (χ0v) is 16.7. The van der Waals surface area contributed by atoms with Crippen LogP contribution >= 0.6 is 11.8 Å². The van der Waals surface area contributed by atoms with E-state index in [0.29, 0.717) is 17.4 Å². The Bertz CT molecular complexity index is 918. The Kier molecular flexibility index (Phi) is 6.98. The second-order valence-electron chi connectivity index (χ2n) is 6.55. The molecule has 8 heteroatoms. The van der Waals surface area contributed by atoms with Crippen molar-refractivity contribution in [3.8, 4) is 0 Å². The second kappa shape index (κ2) is 9.65. The number of unbranched alkanes of at least 4 members (excludes halogenated alkanes) is 1. The minimum Gasteiger partial charge on any atom is -0.324 e. The standard InChI is InChI=1S/C21H21F2N3O2S/c1-2-3-12-26-20(28)18(13-19(27)25-17-7-5-4-6-16(17)23)29-21(26)24-15-10-8-14(22)9-11-15/h4-11,18H,2-3,12-13H2,1H3,(H,25,27)/t18-/m0/s1. The molecule has 1 heterocycles. The highest BCUT2D eigenvalue weighted by atomic mass is 32.2. The van der Waals surface area contributed by atoms with Gasteiger partial charge in [-0.25, -0.2) is 13.8 Å². The Morgan fingerprint density at radius 3 is 2.59 bits per heavy atom. The van der Waals surface area contributed by atoms with Crippen LogP contribution in [0.1, 0.15) is 26.2 Å². The van der Waals surface area contributed by atoms with E-state index in [9.17, 15) is 18.4 Å². The Hall–Kier alpha value is -2.74. The van der Waals surface area contributed by atoms with Crippen LogP contribution in [0.25, 0.3) is 0 Å². The topological polar surface area (TPSA) is 61.8 Å². The average Bonchev–Trinajstić information content (AvgIpc) is 2.98. The number of benzene rings is 2. The van der Waals surface area contributed by atoms with E-state index < -0.39 is 17.0 Å². The van der Waals surface area contributed by atoms with Crippen LogP contribution in [-0.2, 0) is 9.59 Å². The quantitative estimate of drug-likeness (QED) is 0.709. The molecule has 0 saturated carbocycles. The van der Waals surface area contributed by atoms with Gasteiger partial charge in [0.2, 0.25) is 11.8 Å². The number of carbonyl (C=O) groups excluding carboxylic acids is 2. The molecule has 5 nitrogen and oxygen atoms in total. The van der Waals surface area contributed by atoms with Crippen LogP contribution < -0.4 is 5.32 Å².